The first-order valence-electron chi connectivity index (χ1n) is 8.66. The molecule has 0 amide bonds. The minimum absolute atomic E-state index is 0. The van der Waals surface area contributed by atoms with Crippen LogP contribution in [0.5, 0.6) is 17.2 Å². The van der Waals surface area contributed by atoms with E-state index in [1.54, 1.807) is 21.3 Å². The van der Waals surface area contributed by atoms with Gasteiger partial charge >= 0.3 is 0 Å². The van der Waals surface area contributed by atoms with Gasteiger partial charge in [-0.2, -0.15) is 0 Å². The van der Waals surface area contributed by atoms with Crippen LogP contribution >= 0.6 is 24.0 Å². The van der Waals surface area contributed by atoms with Gasteiger partial charge in [0.25, 0.3) is 0 Å². The quantitative estimate of drug-likeness (QED) is 0.778. The van der Waals surface area contributed by atoms with Crippen molar-refractivity contribution < 1.29 is 14.2 Å². The maximum absolute atomic E-state index is 6.20. The lowest BCUT2D eigenvalue weighted by Gasteiger charge is -2.37. The zero-order valence-corrected chi connectivity index (χ0v) is 17.4. The molecule has 0 spiro atoms. The highest BCUT2D eigenvalue weighted by Crippen LogP contribution is 2.41. The van der Waals surface area contributed by atoms with E-state index in [2.05, 4.69) is 16.3 Å². The van der Waals surface area contributed by atoms with E-state index < -0.39 is 0 Å². The van der Waals surface area contributed by atoms with Gasteiger partial charge in [-0.15, -0.1) is 12.4 Å². The Morgan fingerprint density at radius 1 is 1.07 bits per heavy atom. The molecule has 148 valence electrons. The van der Waals surface area contributed by atoms with Crippen molar-refractivity contribution in [2.45, 2.75) is 12.6 Å². The standard InChI is InChI=1S/C20H25ClN2O3.ClH/c1-24-18-8-7-15(19(25-2)20(18)26-3)13-23-10-9-22-12-17(23)14-5-4-6-16(21)11-14;/h4-8,11,17,22H,9-10,12-13H2,1-3H3;1H. The Hall–Kier alpha value is -1.66. The lowest BCUT2D eigenvalue weighted by atomic mass is 10.0. The number of halogens is 2. The van der Waals surface area contributed by atoms with Crippen LogP contribution in [0.3, 0.4) is 0 Å². The minimum Gasteiger partial charge on any atom is -0.493 e. The molecule has 1 N–H and O–H groups in total. The molecular formula is C20H26Cl2N2O3. The first-order chi connectivity index (χ1) is 12.7. The first kappa shape index (κ1) is 21.6. The summed E-state index contributed by atoms with van der Waals surface area (Å²) in [6.45, 7) is 3.53. The summed E-state index contributed by atoms with van der Waals surface area (Å²) in [6.07, 6.45) is 0. The number of rotatable bonds is 6. The topological polar surface area (TPSA) is 43.0 Å². The van der Waals surface area contributed by atoms with Gasteiger partial charge in [0, 0.05) is 42.8 Å². The van der Waals surface area contributed by atoms with E-state index in [1.807, 2.05) is 30.3 Å². The van der Waals surface area contributed by atoms with Gasteiger partial charge in [-0.3, -0.25) is 4.90 Å². The molecule has 0 bridgehead atoms. The molecule has 1 heterocycles. The summed E-state index contributed by atoms with van der Waals surface area (Å²) in [5, 5.41) is 4.24. The van der Waals surface area contributed by atoms with Crippen molar-refractivity contribution in [3.05, 3.63) is 52.5 Å². The van der Waals surface area contributed by atoms with Gasteiger partial charge in [-0.25, -0.2) is 0 Å². The second kappa shape index (κ2) is 10.0. The van der Waals surface area contributed by atoms with E-state index in [1.165, 1.54) is 5.56 Å². The molecule has 1 atom stereocenters. The van der Waals surface area contributed by atoms with Gasteiger partial charge in [0.05, 0.1) is 21.3 Å². The van der Waals surface area contributed by atoms with Gasteiger partial charge in [0.2, 0.25) is 5.75 Å². The predicted octanol–water partition coefficient (Wildman–Crippen LogP) is 3.93. The molecule has 2 aromatic carbocycles. The Morgan fingerprint density at radius 3 is 2.52 bits per heavy atom. The molecular weight excluding hydrogens is 387 g/mol. The van der Waals surface area contributed by atoms with Crippen LogP contribution in [0.2, 0.25) is 5.02 Å². The van der Waals surface area contributed by atoms with Crippen molar-refractivity contribution >= 4 is 24.0 Å². The zero-order chi connectivity index (χ0) is 18.5. The van der Waals surface area contributed by atoms with Crippen LogP contribution < -0.4 is 19.5 Å². The molecule has 0 aromatic heterocycles. The second-order valence-corrected chi connectivity index (χ2v) is 6.68. The molecule has 7 heteroatoms. The highest BCUT2D eigenvalue weighted by molar-refractivity contribution is 6.30. The molecule has 1 fully saturated rings. The average molecular weight is 413 g/mol. The summed E-state index contributed by atoms with van der Waals surface area (Å²) in [5.41, 5.74) is 2.28. The van der Waals surface area contributed by atoms with E-state index >= 15 is 0 Å². The van der Waals surface area contributed by atoms with E-state index in [-0.39, 0.29) is 18.4 Å². The maximum Gasteiger partial charge on any atom is 0.203 e. The number of hydrogen-bond acceptors (Lipinski definition) is 5. The normalized spacial score (nSPS) is 17.1. The lowest BCUT2D eigenvalue weighted by Crippen LogP contribution is -2.45. The Morgan fingerprint density at radius 2 is 1.85 bits per heavy atom. The minimum atomic E-state index is 0. The van der Waals surface area contributed by atoms with Crippen LogP contribution in [-0.4, -0.2) is 45.9 Å². The first-order valence-corrected chi connectivity index (χ1v) is 9.03. The van der Waals surface area contributed by atoms with Crippen LogP contribution in [0, 0.1) is 0 Å². The van der Waals surface area contributed by atoms with Crippen molar-refractivity contribution in [2.24, 2.45) is 0 Å². The smallest absolute Gasteiger partial charge is 0.203 e. The summed E-state index contributed by atoms with van der Waals surface area (Å²) in [5.74, 6) is 2.01. The number of benzene rings is 2. The summed E-state index contributed by atoms with van der Waals surface area (Å²) in [7, 11) is 4.92. The Balaban J connectivity index is 0.00000261. The average Bonchev–Trinajstić information content (AvgIpc) is 2.67. The number of nitrogens with one attached hydrogen (secondary N) is 1. The third-order valence-corrected chi connectivity index (χ3v) is 4.98. The van der Waals surface area contributed by atoms with Crippen molar-refractivity contribution in [1.82, 2.24) is 10.2 Å². The fourth-order valence-electron chi connectivity index (χ4n) is 3.48. The van der Waals surface area contributed by atoms with Crippen LogP contribution in [0.25, 0.3) is 0 Å². The summed E-state index contributed by atoms with van der Waals surface area (Å²) < 4.78 is 16.5. The fraction of sp³-hybridized carbons (Fsp3) is 0.400. The molecule has 27 heavy (non-hydrogen) atoms. The van der Waals surface area contributed by atoms with Gasteiger partial charge in [-0.05, 0) is 23.8 Å². The lowest BCUT2D eigenvalue weighted by molar-refractivity contribution is 0.152. The molecule has 2 aromatic rings. The van der Waals surface area contributed by atoms with E-state index in [0.29, 0.717) is 11.5 Å². The highest BCUT2D eigenvalue weighted by atomic mass is 35.5. The summed E-state index contributed by atoms with van der Waals surface area (Å²) >= 11 is 6.20. The third-order valence-electron chi connectivity index (χ3n) is 4.75. The van der Waals surface area contributed by atoms with Crippen LogP contribution in [-0.2, 0) is 6.54 Å². The Bertz CT molecular complexity index is 758. The summed E-state index contributed by atoms with van der Waals surface area (Å²) in [6, 6.07) is 12.3. The molecule has 1 unspecified atom stereocenters. The molecule has 0 saturated carbocycles. The SMILES string of the molecule is COc1ccc(CN2CCNCC2c2cccc(Cl)c2)c(OC)c1OC.Cl. The van der Waals surface area contributed by atoms with Crippen LogP contribution in [0.4, 0.5) is 0 Å². The van der Waals surface area contributed by atoms with Crippen LogP contribution in [0.15, 0.2) is 36.4 Å². The fourth-order valence-corrected chi connectivity index (χ4v) is 3.68. The number of hydrogen-bond donors (Lipinski definition) is 1. The summed E-state index contributed by atoms with van der Waals surface area (Å²) in [4.78, 5) is 2.44. The molecule has 1 saturated heterocycles. The van der Waals surface area contributed by atoms with Crippen molar-refractivity contribution in [1.29, 1.82) is 0 Å². The highest BCUT2D eigenvalue weighted by Gasteiger charge is 2.26. The van der Waals surface area contributed by atoms with E-state index in [9.17, 15) is 0 Å². The van der Waals surface area contributed by atoms with Crippen molar-refractivity contribution in [3.63, 3.8) is 0 Å². The Labute approximate surface area is 172 Å². The Kier molecular flexibility index (Phi) is 8.05. The number of nitrogens with zero attached hydrogens (tertiary/aromatic N) is 1. The second-order valence-electron chi connectivity index (χ2n) is 6.24. The van der Waals surface area contributed by atoms with Crippen molar-refractivity contribution in [2.75, 3.05) is 41.0 Å². The molecule has 5 nitrogen and oxygen atoms in total. The molecule has 0 aliphatic carbocycles. The largest absolute Gasteiger partial charge is 0.493 e. The molecule has 0 radical (unpaired) electrons. The zero-order valence-electron chi connectivity index (χ0n) is 15.8. The monoisotopic (exact) mass is 412 g/mol. The van der Waals surface area contributed by atoms with Crippen molar-refractivity contribution in [3.8, 4) is 17.2 Å². The number of piperazine rings is 1. The van der Waals surface area contributed by atoms with Gasteiger partial charge in [0.15, 0.2) is 11.5 Å². The van der Waals surface area contributed by atoms with E-state index in [4.69, 9.17) is 25.8 Å². The van der Waals surface area contributed by atoms with Gasteiger partial charge in [-0.1, -0.05) is 29.8 Å². The van der Waals surface area contributed by atoms with E-state index in [0.717, 1.165) is 42.5 Å². The van der Waals surface area contributed by atoms with Gasteiger partial charge in [0.1, 0.15) is 0 Å². The molecule has 3 rings (SSSR count). The molecule has 1 aliphatic rings. The predicted molar refractivity (Wildman–Crippen MR) is 111 cm³/mol. The maximum atomic E-state index is 6.20. The van der Waals surface area contributed by atoms with Crippen LogP contribution in [0.1, 0.15) is 17.2 Å². The number of ether oxygens (including phenoxy) is 3. The third kappa shape index (κ3) is 4.79. The number of methoxy groups -OCH3 is 3. The van der Waals surface area contributed by atoms with Gasteiger partial charge < -0.3 is 19.5 Å². The molecule has 1 aliphatic heterocycles.